The van der Waals surface area contributed by atoms with Crippen LogP contribution < -0.4 is 10.2 Å². The number of nitrogens with zero attached hydrogens (tertiary/aromatic N) is 2. The first-order valence-corrected chi connectivity index (χ1v) is 23.1. The standard InChI is InChI=1S/C52H45N3O5.C6H6.C2H6/c1-5-14-32(33-23-24-44-41(29-33)38-18-11-13-22-43(38)55(44)47-48(56)50(58)52(60)51(59)49(47)57)27-30(2)35-15-10-12-21-42(35)53-34-25-26-54(4)46-40-20-9-7-17-37(40)36-16-6-8-19-39(36)45(46)31(3)28-34;1-2-4-6-5-3-1;1-2/h5-7,9-12,14-18,20-21,23-29,53,56-60H,2-3,8,13,19,22H2,1,4H3;1-6H;1-2H3/b14-5-,26-25-,32-27+,34-28+;;. The molecule has 0 saturated heterocycles. The van der Waals surface area contributed by atoms with E-state index in [1.807, 2.05) is 99.7 Å². The zero-order valence-electron chi connectivity index (χ0n) is 39.0. The number of para-hydroxylation sites is 1. The summed E-state index contributed by atoms with van der Waals surface area (Å²) in [6.07, 6.45) is 24.2. The molecular weight excluding hydrogens is 843 g/mol. The molecule has 1 aromatic heterocycles. The topological polar surface area (TPSA) is 121 Å². The first-order valence-electron chi connectivity index (χ1n) is 23.1. The van der Waals surface area contributed by atoms with Gasteiger partial charge in [0.2, 0.25) is 17.2 Å². The third-order valence-electron chi connectivity index (χ3n) is 12.4. The Bertz CT molecular complexity index is 3230. The van der Waals surface area contributed by atoms with Crippen LogP contribution in [0.25, 0.3) is 56.2 Å². The molecule has 0 fully saturated rings. The van der Waals surface area contributed by atoms with E-state index in [-0.39, 0.29) is 5.69 Å². The van der Waals surface area contributed by atoms with Crippen molar-refractivity contribution in [1.82, 2.24) is 4.57 Å². The van der Waals surface area contributed by atoms with Crippen molar-refractivity contribution >= 4 is 61.9 Å². The third-order valence-corrected chi connectivity index (χ3v) is 12.4. The molecule has 8 nitrogen and oxygen atoms in total. The number of nitrogens with one attached hydrogen (secondary N) is 1. The fraction of sp³-hybridized carbons (Fsp3) is 0.133. The second-order valence-corrected chi connectivity index (χ2v) is 16.6. The Hall–Kier alpha value is -8.36. The van der Waals surface area contributed by atoms with Crippen molar-refractivity contribution < 1.29 is 25.5 Å². The lowest BCUT2D eigenvalue weighted by Gasteiger charge is -2.29. The van der Waals surface area contributed by atoms with E-state index in [1.54, 1.807) is 4.57 Å². The highest BCUT2D eigenvalue weighted by Gasteiger charge is 2.29. The Morgan fingerprint density at radius 2 is 1.29 bits per heavy atom. The molecule has 2 aliphatic carbocycles. The second-order valence-electron chi connectivity index (χ2n) is 16.6. The SMILES string of the molecule is C=C(/C=C(\C=C/C)c1ccc2c(c1)c1c(n2-c2c(O)c(O)c(O)c(O)c2O)CCC=C1)c1ccccc1NC1=C/C(=C)c2c3c(c4ccccc4c2N(C)/C=C\1)C=CCC3.CC.c1ccccc1. The molecule has 0 atom stereocenters. The van der Waals surface area contributed by atoms with Crippen molar-refractivity contribution in [1.29, 1.82) is 0 Å². The van der Waals surface area contributed by atoms with Gasteiger partial charge in [0.25, 0.3) is 0 Å². The van der Waals surface area contributed by atoms with Gasteiger partial charge in [0.15, 0.2) is 11.5 Å². The minimum atomic E-state index is -0.994. The van der Waals surface area contributed by atoms with Gasteiger partial charge in [-0.2, -0.15) is 0 Å². The van der Waals surface area contributed by atoms with E-state index in [0.717, 1.165) is 74.4 Å². The summed E-state index contributed by atoms with van der Waals surface area (Å²) in [6, 6.07) is 34.6. The number of allylic oxidation sites excluding steroid dienone is 10. The van der Waals surface area contributed by atoms with Crippen molar-refractivity contribution in [2.75, 3.05) is 17.3 Å². The van der Waals surface area contributed by atoms with Crippen LogP contribution in [0.2, 0.25) is 0 Å². The summed E-state index contributed by atoms with van der Waals surface area (Å²) in [6.45, 7) is 15.2. The molecule has 1 aliphatic heterocycles. The average Bonchev–Trinajstić information content (AvgIpc) is 3.70. The first kappa shape index (κ1) is 46.2. The molecule has 0 radical (unpaired) electrons. The lowest BCUT2D eigenvalue weighted by molar-refractivity contribution is 0.327. The molecule has 6 aromatic carbocycles. The summed E-state index contributed by atoms with van der Waals surface area (Å²) in [5.74, 6) is -4.31. The van der Waals surface area contributed by atoms with Crippen molar-refractivity contribution in [3.63, 3.8) is 0 Å². The molecular formula is C60H57N3O5. The summed E-state index contributed by atoms with van der Waals surface area (Å²) in [7, 11) is 2.10. The summed E-state index contributed by atoms with van der Waals surface area (Å²) < 4.78 is 1.64. The van der Waals surface area contributed by atoms with Gasteiger partial charge >= 0.3 is 0 Å². The summed E-state index contributed by atoms with van der Waals surface area (Å²) >= 11 is 0. The number of rotatable bonds is 7. The highest BCUT2D eigenvalue weighted by atomic mass is 16.4. The van der Waals surface area contributed by atoms with E-state index in [0.29, 0.717) is 18.4 Å². The van der Waals surface area contributed by atoms with Crippen molar-refractivity contribution in [3.8, 4) is 34.4 Å². The van der Waals surface area contributed by atoms with Crippen LogP contribution in [0.1, 0.15) is 72.7 Å². The van der Waals surface area contributed by atoms with Gasteiger partial charge in [0.05, 0.1) is 11.2 Å². The van der Waals surface area contributed by atoms with Crippen LogP contribution in [-0.2, 0) is 12.8 Å². The molecule has 8 heteroatoms. The van der Waals surface area contributed by atoms with Gasteiger partial charge in [-0.25, -0.2) is 0 Å². The Kier molecular flexibility index (Phi) is 13.6. The van der Waals surface area contributed by atoms with Crippen LogP contribution in [0.15, 0.2) is 171 Å². The molecule has 0 saturated carbocycles. The lowest BCUT2D eigenvalue weighted by Crippen LogP contribution is -2.16. The van der Waals surface area contributed by atoms with Crippen LogP contribution in [0.5, 0.6) is 28.7 Å². The fourth-order valence-electron chi connectivity index (χ4n) is 9.37. The maximum Gasteiger partial charge on any atom is 0.208 e. The maximum atomic E-state index is 11.0. The van der Waals surface area contributed by atoms with E-state index in [1.165, 1.54) is 27.5 Å². The van der Waals surface area contributed by atoms with Crippen LogP contribution >= 0.6 is 0 Å². The van der Waals surface area contributed by atoms with Gasteiger partial charge in [-0.15, -0.1) is 0 Å². The molecule has 68 heavy (non-hydrogen) atoms. The molecule has 6 N–H and O–H groups in total. The number of fused-ring (bicyclic) bond motifs is 9. The van der Waals surface area contributed by atoms with Crippen LogP contribution in [-0.4, -0.2) is 37.1 Å². The monoisotopic (exact) mass is 899 g/mol. The Morgan fingerprint density at radius 1 is 0.676 bits per heavy atom. The van der Waals surface area contributed by atoms with Crippen molar-refractivity contribution in [3.05, 3.63) is 210 Å². The predicted octanol–water partition coefficient (Wildman–Crippen LogP) is 14.6. The largest absolute Gasteiger partial charge is 0.503 e. The molecule has 0 unspecified atom stereocenters. The quantitative estimate of drug-likeness (QED) is 0.0535. The van der Waals surface area contributed by atoms with Crippen LogP contribution in [0, 0.1) is 0 Å². The van der Waals surface area contributed by atoms with Gasteiger partial charge in [0.1, 0.15) is 5.69 Å². The van der Waals surface area contributed by atoms with E-state index in [2.05, 4.69) is 116 Å². The molecule has 3 aliphatic rings. The summed E-state index contributed by atoms with van der Waals surface area (Å²) in [5, 5.41) is 59.9. The van der Waals surface area contributed by atoms with Crippen LogP contribution in [0.4, 0.5) is 11.4 Å². The van der Waals surface area contributed by atoms with Crippen LogP contribution in [0.3, 0.4) is 0 Å². The van der Waals surface area contributed by atoms with Gasteiger partial charge in [-0.3, -0.25) is 0 Å². The number of benzene rings is 6. The highest BCUT2D eigenvalue weighted by Crippen LogP contribution is 2.54. The number of aromatic nitrogens is 1. The lowest BCUT2D eigenvalue weighted by atomic mass is 9.83. The zero-order chi connectivity index (χ0) is 48.1. The summed E-state index contributed by atoms with van der Waals surface area (Å²) in [4.78, 5) is 2.20. The minimum Gasteiger partial charge on any atom is -0.503 e. The molecule has 0 bridgehead atoms. The van der Waals surface area contributed by atoms with Gasteiger partial charge < -0.3 is 40.3 Å². The number of phenolic OH excluding ortho intramolecular Hbond substituents is 5. The van der Waals surface area contributed by atoms with Gasteiger partial charge in [0, 0.05) is 57.8 Å². The average molecular weight is 900 g/mol. The number of anilines is 2. The van der Waals surface area contributed by atoms with Gasteiger partial charge in [-0.1, -0.05) is 148 Å². The normalized spacial score (nSPS) is 15.2. The smallest absolute Gasteiger partial charge is 0.208 e. The maximum absolute atomic E-state index is 11.0. The molecule has 2 heterocycles. The molecule has 10 rings (SSSR count). The van der Waals surface area contributed by atoms with E-state index < -0.39 is 28.7 Å². The van der Waals surface area contributed by atoms with E-state index in [4.69, 9.17) is 0 Å². The molecule has 0 spiro atoms. The fourth-order valence-corrected chi connectivity index (χ4v) is 9.37. The second kappa shape index (κ2) is 20.0. The Morgan fingerprint density at radius 3 is 1.99 bits per heavy atom. The first-order chi connectivity index (χ1) is 33.1. The molecule has 7 aromatic rings. The third kappa shape index (κ3) is 8.60. The van der Waals surface area contributed by atoms with E-state index >= 15 is 0 Å². The summed E-state index contributed by atoms with van der Waals surface area (Å²) in [5.41, 5.74) is 13.3. The number of phenols is 5. The Balaban J connectivity index is 0.000000718. The van der Waals surface area contributed by atoms with Crippen molar-refractivity contribution in [2.45, 2.75) is 46.5 Å². The molecule has 342 valence electrons. The van der Waals surface area contributed by atoms with Crippen molar-refractivity contribution in [2.24, 2.45) is 0 Å². The Labute approximate surface area is 398 Å². The molecule has 0 amide bonds. The number of hydrogen-bond acceptors (Lipinski definition) is 7. The number of aromatic hydroxyl groups is 5. The van der Waals surface area contributed by atoms with E-state index in [9.17, 15) is 25.5 Å². The zero-order valence-corrected chi connectivity index (χ0v) is 39.0. The highest BCUT2D eigenvalue weighted by molar-refractivity contribution is 6.08. The van der Waals surface area contributed by atoms with Gasteiger partial charge in [-0.05, 0) is 108 Å². The number of hydrogen-bond donors (Lipinski definition) is 6. The minimum absolute atomic E-state index is 0.211. The predicted molar refractivity (Wildman–Crippen MR) is 285 cm³/mol.